The van der Waals surface area contributed by atoms with E-state index in [9.17, 15) is 0 Å². The number of nitrogens with zero attached hydrogens (tertiary/aromatic N) is 1. The summed E-state index contributed by atoms with van der Waals surface area (Å²) >= 11 is 0. The Bertz CT molecular complexity index is 12.8. The van der Waals surface area contributed by atoms with E-state index in [1.807, 2.05) is 0 Å². The van der Waals surface area contributed by atoms with Crippen LogP contribution < -0.4 is 0 Å². The van der Waals surface area contributed by atoms with Gasteiger partial charge >= 0.3 is 51.4 Å². The first-order valence-corrected chi connectivity index (χ1v) is 0.258. The fourth-order valence-electron chi connectivity index (χ4n) is 0. The Morgan fingerprint density at radius 2 is 1.25 bits per heavy atom. The number of rotatable bonds is 0. The van der Waals surface area contributed by atoms with E-state index in [1.165, 1.54) is 0 Å². The minimum Gasteiger partial charge on any atom is 0 e. The molecule has 0 saturated heterocycles. The molecule has 1 nitrogen and oxygen atoms in total. The molecule has 0 bridgehead atoms. The van der Waals surface area contributed by atoms with Crippen LogP contribution in [-0.4, -0.2) is 51.4 Å². The number of hydrogen-bond acceptors (Lipinski definition) is 1. The van der Waals surface area contributed by atoms with Crippen molar-refractivity contribution < 1.29 is 17.1 Å². The summed E-state index contributed by atoms with van der Waals surface area (Å²) in [4.78, 5) is 0. The maximum absolute atomic E-state index is 6.50. The summed E-state index contributed by atoms with van der Waals surface area (Å²) in [5.74, 6) is 0. The van der Waals surface area contributed by atoms with Crippen molar-refractivity contribution in [2.24, 2.45) is 0 Å². The summed E-state index contributed by atoms with van der Waals surface area (Å²) in [7, 11) is 0. The Morgan fingerprint density at radius 1 is 1.25 bits per heavy atom. The van der Waals surface area contributed by atoms with Gasteiger partial charge in [-0.15, -0.1) is 0 Å². The van der Waals surface area contributed by atoms with E-state index in [0.717, 1.165) is 0 Å². The molecule has 0 saturated carbocycles. The van der Waals surface area contributed by atoms with Crippen molar-refractivity contribution in [1.82, 2.24) is 0 Å². The van der Waals surface area contributed by atoms with Gasteiger partial charge in [-0.25, -0.2) is 5.26 Å². The van der Waals surface area contributed by atoms with Gasteiger partial charge in [-0.3, -0.25) is 0 Å². The van der Waals surface area contributed by atoms with Crippen molar-refractivity contribution in [2.75, 3.05) is 0 Å². The predicted octanol–water partition coefficient (Wildman–Crippen LogP) is -0.511. The number of nitriles is 1. The Balaban J connectivity index is -0.00000000500. The van der Waals surface area contributed by atoms with Crippen molar-refractivity contribution in [2.45, 2.75) is 0 Å². The molecule has 4 heavy (non-hydrogen) atoms. The summed E-state index contributed by atoms with van der Waals surface area (Å²) in [6.45, 7) is 3.50. The molecule has 0 amide bonds. The third-order valence-electron chi connectivity index (χ3n) is 0. The molecular formula is CH2KMnN. The van der Waals surface area contributed by atoms with E-state index in [-0.39, 0.29) is 68.5 Å². The van der Waals surface area contributed by atoms with E-state index in [1.54, 1.807) is 0 Å². The SMILES string of the molecule is C#N.[KH].[Mn]. The summed E-state index contributed by atoms with van der Waals surface area (Å²) in [6, 6.07) is 0. The first-order chi connectivity index (χ1) is 1.00. The third-order valence-corrected chi connectivity index (χ3v) is 0. The fourth-order valence-corrected chi connectivity index (χ4v) is 0. The van der Waals surface area contributed by atoms with E-state index in [0.29, 0.717) is 0 Å². The molecule has 0 aliphatic carbocycles. The van der Waals surface area contributed by atoms with Gasteiger partial charge in [-0.1, -0.05) is 0 Å². The molecule has 0 atom stereocenters. The Labute approximate surface area is 78.7 Å². The van der Waals surface area contributed by atoms with Crippen molar-refractivity contribution >= 4 is 51.4 Å². The average Bonchev–Trinajstić information content (AvgIpc) is 1.00. The molecule has 0 aromatic heterocycles. The van der Waals surface area contributed by atoms with Crippen LogP contribution in [0.2, 0.25) is 0 Å². The van der Waals surface area contributed by atoms with Gasteiger partial charge in [-0.05, 0) is 0 Å². The van der Waals surface area contributed by atoms with Crippen molar-refractivity contribution in [3.05, 3.63) is 0 Å². The van der Waals surface area contributed by atoms with Crippen molar-refractivity contribution in [3.63, 3.8) is 0 Å². The molecule has 1 radical (unpaired) electrons. The predicted molar refractivity (Wildman–Crippen MR) is 13.8 cm³/mol. The van der Waals surface area contributed by atoms with Crippen LogP contribution >= 0.6 is 0 Å². The zero-order valence-electron chi connectivity index (χ0n) is 1.40. The third kappa shape index (κ3) is 9.42. The van der Waals surface area contributed by atoms with Crippen LogP contribution in [0, 0.1) is 11.8 Å². The van der Waals surface area contributed by atoms with Crippen LogP contribution in [0.15, 0.2) is 0 Å². The second-order valence-electron chi connectivity index (χ2n) is 0. The van der Waals surface area contributed by atoms with Gasteiger partial charge < -0.3 is 0 Å². The van der Waals surface area contributed by atoms with Gasteiger partial charge in [0.15, 0.2) is 0 Å². The van der Waals surface area contributed by atoms with E-state index in [2.05, 4.69) is 6.57 Å². The van der Waals surface area contributed by atoms with Crippen LogP contribution in [0.5, 0.6) is 0 Å². The molecule has 0 aromatic rings. The zero-order chi connectivity index (χ0) is 2.00. The van der Waals surface area contributed by atoms with E-state index in [4.69, 9.17) is 5.26 Å². The molecule has 0 rings (SSSR count). The molecular weight excluding hydrogens is 120 g/mol. The van der Waals surface area contributed by atoms with Gasteiger partial charge in [-0.2, -0.15) is 0 Å². The normalized spacial score (nSPS) is 0.500. The van der Waals surface area contributed by atoms with Crippen molar-refractivity contribution in [3.8, 4) is 6.57 Å². The first kappa shape index (κ1) is 17.4. The quantitative estimate of drug-likeness (QED) is 0.397. The molecule has 0 spiro atoms. The molecule has 0 N–H and O–H groups in total. The summed E-state index contributed by atoms with van der Waals surface area (Å²) in [5.41, 5.74) is 0. The Kier molecular flexibility index (Phi) is 99.2. The molecule has 3 heteroatoms. The molecule has 19 valence electrons. The van der Waals surface area contributed by atoms with Gasteiger partial charge in [0, 0.05) is 23.6 Å². The van der Waals surface area contributed by atoms with Crippen LogP contribution in [0.3, 0.4) is 0 Å². The Hall–Kier alpha value is 1.65. The average molecular weight is 122 g/mol. The van der Waals surface area contributed by atoms with Gasteiger partial charge in [0.25, 0.3) is 0 Å². The number of hydrogen-bond donors (Lipinski definition) is 0. The molecule has 0 heterocycles. The van der Waals surface area contributed by atoms with Crippen molar-refractivity contribution in [1.29, 1.82) is 5.26 Å². The minimum absolute atomic E-state index is 0. The Morgan fingerprint density at radius 3 is 1.25 bits per heavy atom. The second kappa shape index (κ2) is 22.8. The molecule has 0 fully saturated rings. The van der Waals surface area contributed by atoms with Crippen LogP contribution in [0.4, 0.5) is 0 Å². The van der Waals surface area contributed by atoms with E-state index < -0.39 is 0 Å². The fraction of sp³-hybridized carbons (Fsp3) is 0. The standard InChI is InChI=1S/CHN.K.Mn.H/c1-2;;;/h1H;;;. The molecule has 0 unspecified atom stereocenters. The maximum atomic E-state index is 6.50. The van der Waals surface area contributed by atoms with Crippen LogP contribution in [0.25, 0.3) is 0 Å². The van der Waals surface area contributed by atoms with E-state index >= 15 is 0 Å². The van der Waals surface area contributed by atoms with Crippen LogP contribution in [0.1, 0.15) is 0 Å². The molecule has 0 aliphatic rings. The molecule has 0 aromatic carbocycles. The van der Waals surface area contributed by atoms with Gasteiger partial charge in [0.2, 0.25) is 0 Å². The zero-order valence-corrected chi connectivity index (χ0v) is 2.58. The second-order valence-corrected chi connectivity index (χ2v) is 0. The minimum atomic E-state index is 0. The first-order valence-electron chi connectivity index (χ1n) is 0.258. The van der Waals surface area contributed by atoms with Gasteiger partial charge in [0.05, 0.1) is 0 Å². The van der Waals surface area contributed by atoms with Crippen LogP contribution in [-0.2, 0) is 17.1 Å². The topological polar surface area (TPSA) is 23.8 Å². The summed E-state index contributed by atoms with van der Waals surface area (Å²) < 4.78 is 0. The maximum Gasteiger partial charge on any atom is 0 e. The smallest absolute Gasteiger partial charge is 0 e. The van der Waals surface area contributed by atoms with Gasteiger partial charge in [0.1, 0.15) is 0 Å². The monoisotopic (exact) mass is 122 g/mol. The summed E-state index contributed by atoms with van der Waals surface area (Å²) in [6.07, 6.45) is 0. The largest absolute Gasteiger partial charge is 0 e. The molecule has 0 aliphatic heterocycles. The summed E-state index contributed by atoms with van der Waals surface area (Å²) in [5, 5.41) is 6.50.